The average Bonchev–Trinajstić information content (AvgIpc) is 3.19. The number of allylic oxidation sites excluding steroid dienone is 1. The summed E-state index contributed by atoms with van der Waals surface area (Å²) in [5, 5.41) is 5.02. The standard InChI is InChI=1S/C26H24N6O4/c1-6-11-31-15(2)28-24-21(26(31)33)22-25(30-18-10-8-7-9-17(18)29-22)32(24)27-14-16-12-19(34-3)23(36-5)20(13-16)35-4/h6-10,12-14H,1,11H2,2-5H3. The van der Waals surface area contributed by atoms with Crippen LogP contribution in [-0.4, -0.2) is 51.7 Å². The van der Waals surface area contributed by atoms with E-state index in [0.717, 1.165) is 0 Å². The molecule has 3 aromatic heterocycles. The van der Waals surface area contributed by atoms with E-state index in [1.807, 2.05) is 24.3 Å². The van der Waals surface area contributed by atoms with Gasteiger partial charge in [-0.05, 0) is 31.2 Å². The molecule has 5 aromatic rings. The number of rotatable bonds is 7. The number of hydrogen-bond donors (Lipinski definition) is 0. The third-order valence-electron chi connectivity index (χ3n) is 5.85. The van der Waals surface area contributed by atoms with E-state index in [0.29, 0.717) is 68.4 Å². The van der Waals surface area contributed by atoms with Crippen LogP contribution in [0.3, 0.4) is 0 Å². The van der Waals surface area contributed by atoms with Crippen molar-refractivity contribution in [3.05, 3.63) is 70.8 Å². The maximum atomic E-state index is 13.5. The monoisotopic (exact) mass is 484 g/mol. The van der Waals surface area contributed by atoms with Gasteiger partial charge in [0.1, 0.15) is 16.7 Å². The van der Waals surface area contributed by atoms with Gasteiger partial charge in [0.25, 0.3) is 5.56 Å². The summed E-state index contributed by atoms with van der Waals surface area (Å²) in [6, 6.07) is 11.0. The number of aryl methyl sites for hydroxylation is 1. The van der Waals surface area contributed by atoms with E-state index in [-0.39, 0.29) is 5.56 Å². The topological polar surface area (TPSA) is 106 Å². The van der Waals surface area contributed by atoms with E-state index in [1.54, 1.807) is 61.9 Å². The van der Waals surface area contributed by atoms with Gasteiger partial charge in [-0.1, -0.05) is 18.2 Å². The number of benzene rings is 2. The molecule has 0 amide bonds. The molecular formula is C26H24N6O4. The van der Waals surface area contributed by atoms with Crippen LogP contribution in [0.15, 0.2) is 58.9 Å². The SMILES string of the molecule is C=CCn1c(C)nc2c(c1=O)c1nc3ccccc3nc1n2N=Cc1cc(OC)c(OC)c(OC)c1. The fourth-order valence-corrected chi connectivity index (χ4v) is 4.17. The van der Waals surface area contributed by atoms with Crippen LogP contribution in [0.1, 0.15) is 11.4 Å². The van der Waals surface area contributed by atoms with Gasteiger partial charge < -0.3 is 14.2 Å². The van der Waals surface area contributed by atoms with Crippen molar-refractivity contribution in [2.24, 2.45) is 5.10 Å². The smallest absolute Gasteiger partial charge is 0.265 e. The second-order valence-corrected chi connectivity index (χ2v) is 7.96. The molecule has 5 rings (SSSR count). The molecule has 0 unspecified atom stereocenters. The number of fused-ring (bicyclic) bond motifs is 4. The quantitative estimate of drug-likeness (QED) is 0.256. The zero-order valence-electron chi connectivity index (χ0n) is 20.3. The van der Waals surface area contributed by atoms with Crippen molar-refractivity contribution in [1.82, 2.24) is 24.2 Å². The first kappa shape index (κ1) is 23.0. The lowest BCUT2D eigenvalue weighted by Gasteiger charge is -2.12. The van der Waals surface area contributed by atoms with Gasteiger partial charge in [0.15, 0.2) is 22.8 Å². The second-order valence-electron chi connectivity index (χ2n) is 7.96. The highest BCUT2D eigenvalue weighted by Gasteiger charge is 2.21. The summed E-state index contributed by atoms with van der Waals surface area (Å²) in [7, 11) is 4.64. The summed E-state index contributed by atoms with van der Waals surface area (Å²) in [6.45, 7) is 5.86. The minimum Gasteiger partial charge on any atom is -0.493 e. The van der Waals surface area contributed by atoms with Gasteiger partial charge >= 0.3 is 0 Å². The van der Waals surface area contributed by atoms with Crippen molar-refractivity contribution < 1.29 is 14.2 Å². The third-order valence-corrected chi connectivity index (χ3v) is 5.85. The van der Waals surface area contributed by atoms with Crippen LogP contribution in [0.2, 0.25) is 0 Å². The van der Waals surface area contributed by atoms with Crippen LogP contribution >= 0.6 is 0 Å². The van der Waals surface area contributed by atoms with Crippen LogP contribution in [0, 0.1) is 6.92 Å². The molecule has 0 saturated heterocycles. The van der Waals surface area contributed by atoms with E-state index < -0.39 is 0 Å². The number of aromatic nitrogens is 5. The third kappa shape index (κ3) is 3.63. The Morgan fingerprint density at radius 1 is 0.972 bits per heavy atom. The molecule has 0 saturated carbocycles. The van der Waals surface area contributed by atoms with Crippen LogP contribution < -0.4 is 19.8 Å². The fourth-order valence-electron chi connectivity index (χ4n) is 4.17. The predicted molar refractivity (Wildman–Crippen MR) is 139 cm³/mol. The summed E-state index contributed by atoms with van der Waals surface area (Å²) in [6.07, 6.45) is 3.28. The summed E-state index contributed by atoms with van der Waals surface area (Å²) in [4.78, 5) is 27.7. The van der Waals surface area contributed by atoms with Gasteiger partial charge in [0, 0.05) is 12.1 Å². The van der Waals surface area contributed by atoms with Crippen LogP contribution in [0.4, 0.5) is 0 Å². The molecule has 0 aliphatic heterocycles. The molecule has 0 fully saturated rings. The highest BCUT2D eigenvalue weighted by atomic mass is 16.5. The summed E-state index contributed by atoms with van der Waals surface area (Å²) >= 11 is 0. The van der Waals surface area contributed by atoms with Gasteiger partial charge in [-0.15, -0.1) is 6.58 Å². The average molecular weight is 485 g/mol. The predicted octanol–water partition coefficient (Wildman–Crippen LogP) is 3.70. The Bertz CT molecular complexity index is 1710. The zero-order chi connectivity index (χ0) is 25.4. The Morgan fingerprint density at radius 2 is 1.64 bits per heavy atom. The molecule has 0 aliphatic carbocycles. The Morgan fingerprint density at radius 3 is 2.25 bits per heavy atom. The molecule has 0 atom stereocenters. The van der Waals surface area contributed by atoms with Gasteiger partial charge in [-0.3, -0.25) is 9.36 Å². The number of methoxy groups -OCH3 is 3. The molecule has 0 radical (unpaired) electrons. The van der Waals surface area contributed by atoms with E-state index in [2.05, 4.69) is 11.7 Å². The van der Waals surface area contributed by atoms with Gasteiger partial charge in [-0.2, -0.15) is 9.78 Å². The normalized spacial score (nSPS) is 11.6. The first-order chi connectivity index (χ1) is 17.5. The van der Waals surface area contributed by atoms with Crippen LogP contribution in [-0.2, 0) is 6.54 Å². The van der Waals surface area contributed by atoms with Crippen molar-refractivity contribution in [1.29, 1.82) is 0 Å². The molecule has 0 N–H and O–H groups in total. The Kier molecular flexibility index (Phi) is 5.85. The number of ether oxygens (including phenoxy) is 3. The Balaban J connectivity index is 1.81. The maximum Gasteiger partial charge on any atom is 0.265 e. The summed E-state index contributed by atoms with van der Waals surface area (Å²) in [5.74, 6) is 2.00. The van der Waals surface area contributed by atoms with Crippen LogP contribution in [0.5, 0.6) is 17.2 Å². The summed E-state index contributed by atoms with van der Waals surface area (Å²) in [5.41, 5.74) is 3.03. The minimum atomic E-state index is -0.228. The lowest BCUT2D eigenvalue weighted by Crippen LogP contribution is -2.23. The molecule has 182 valence electrons. The number of para-hydroxylation sites is 2. The number of hydrogen-bond acceptors (Lipinski definition) is 8. The molecule has 0 aliphatic rings. The van der Waals surface area contributed by atoms with Crippen molar-refractivity contribution in [2.45, 2.75) is 13.5 Å². The first-order valence-corrected chi connectivity index (χ1v) is 11.1. The van der Waals surface area contributed by atoms with Crippen molar-refractivity contribution in [3.63, 3.8) is 0 Å². The second kappa shape index (κ2) is 9.14. The molecular weight excluding hydrogens is 460 g/mol. The van der Waals surface area contributed by atoms with E-state index >= 15 is 0 Å². The van der Waals surface area contributed by atoms with E-state index in [4.69, 9.17) is 29.2 Å². The van der Waals surface area contributed by atoms with Gasteiger partial charge in [-0.25, -0.2) is 15.0 Å². The summed E-state index contributed by atoms with van der Waals surface area (Å²) < 4.78 is 19.4. The highest BCUT2D eigenvalue weighted by Crippen LogP contribution is 2.37. The van der Waals surface area contributed by atoms with Crippen molar-refractivity contribution in [3.8, 4) is 17.2 Å². The Hall–Kier alpha value is -4.73. The van der Waals surface area contributed by atoms with E-state index in [9.17, 15) is 4.79 Å². The van der Waals surface area contributed by atoms with Crippen molar-refractivity contribution in [2.75, 3.05) is 21.3 Å². The minimum absolute atomic E-state index is 0.228. The molecule has 0 bridgehead atoms. The zero-order valence-corrected chi connectivity index (χ0v) is 20.3. The van der Waals surface area contributed by atoms with Gasteiger partial charge in [0.05, 0.1) is 38.6 Å². The lowest BCUT2D eigenvalue weighted by molar-refractivity contribution is 0.324. The van der Waals surface area contributed by atoms with Gasteiger partial charge in [0.2, 0.25) is 5.75 Å². The molecule has 0 spiro atoms. The molecule has 36 heavy (non-hydrogen) atoms. The highest BCUT2D eigenvalue weighted by molar-refractivity contribution is 6.05. The maximum absolute atomic E-state index is 13.5. The first-order valence-electron chi connectivity index (χ1n) is 11.1. The molecule has 10 nitrogen and oxygen atoms in total. The molecule has 10 heteroatoms. The number of nitrogens with zero attached hydrogens (tertiary/aromatic N) is 6. The Labute approximate surface area is 206 Å². The van der Waals surface area contributed by atoms with Crippen molar-refractivity contribution >= 4 is 39.4 Å². The van der Waals surface area contributed by atoms with Crippen LogP contribution in [0.25, 0.3) is 33.2 Å². The molecule has 2 aromatic carbocycles. The lowest BCUT2D eigenvalue weighted by atomic mass is 10.2. The van der Waals surface area contributed by atoms with E-state index in [1.165, 1.54) is 0 Å². The largest absolute Gasteiger partial charge is 0.493 e. The fraction of sp³-hybridized carbons (Fsp3) is 0.192. The molecule has 3 heterocycles.